The van der Waals surface area contributed by atoms with Gasteiger partial charge in [0.25, 0.3) is 5.91 Å². The Labute approximate surface area is 145 Å². The summed E-state index contributed by atoms with van der Waals surface area (Å²) >= 11 is 11.8. The van der Waals surface area contributed by atoms with E-state index in [0.29, 0.717) is 41.5 Å². The lowest BCUT2D eigenvalue weighted by Gasteiger charge is -2.31. The Balaban J connectivity index is 1.83. The number of rotatable bonds is 4. The molecule has 0 radical (unpaired) electrons. The third-order valence-corrected chi connectivity index (χ3v) is 4.33. The van der Waals surface area contributed by atoms with E-state index in [1.807, 2.05) is 0 Å². The lowest BCUT2D eigenvalue weighted by Crippen LogP contribution is -2.46. The molecule has 1 aliphatic heterocycles. The molecule has 1 aromatic rings. The highest BCUT2D eigenvalue weighted by Crippen LogP contribution is 2.22. The van der Waals surface area contributed by atoms with E-state index < -0.39 is 0 Å². The highest BCUT2D eigenvalue weighted by Gasteiger charge is 2.24. The Hall–Kier alpha value is -1.72. The molecule has 5 nitrogen and oxygen atoms in total. The average molecular weight is 357 g/mol. The second kappa shape index (κ2) is 8.22. The van der Waals surface area contributed by atoms with Crippen LogP contribution in [0.1, 0.15) is 23.2 Å². The Morgan fingerprint density at radius 1 is 1.30 bits per heavy atom. The Kier molecular flexibility index (Phi) is 6.30. The van der Waals surface area contributed by atoms with Gasteiger partial charge in [0.05, 0.1) is 10.0 Å². The van der Waals surface area contributed by atoms with Gasteiger partial charge in [0.15, 0.2) is 0 Å². The molecule has 0 spiro atoms. The van der Waals surface area contributed by atoms with Crippen molar-refractivity contribution in [2.45, 2.75) is 18.9 Å². The number of hydrogen-bond donors (Lipinski definition) is 1. The number of carbonyl (C=O) groups is 2. The van der Waals surface area contributed by atoms with Crippen LogP contribution in [0.4, 0.5) is 4.79 Å². The summed E-state index contributed by atoms with van der Waals surface area (Å²) in [5.41, 5.74) is 0.465. The van der Waals surface area contributed by atoms with Gasteiger partial charge in [-0.15, -0.1) is 0 Å². The number of amides is 2. The quantitative estimate of drug-likeness (QED) is 0.839. The van der Waals surface area contributed by atoms with Crippen molar-refractivity contribution in [3.63, 3.8) is 0 Å². The molecule has 124 valence electrons. The van der Waals surface area contributed by atoms with Crippen molar-refractivity contribution in [3.8, 4) is 0 Å². The molecule has 1 aromatic carbocycles. The molecule has 0 atom stereocenters. The molecular weight excluding hydrogens is 339 g/mol. The third kappa shape index (κ3) is 4.88. The molecule has 1 aliphatic rings. The number of nitrogens with one attached hydrogen (secondary N) is 1. The molecule has 2 amide bonds. The highest BCUT2D eigenvalue weighted by atomic mass is 35.5. The Morgan fingerprint density at radius 3 is 2.61 bits per heavy atom. The van der Waals surface area contributed by atoms with E-state index in [-0.39, 0.29) is 24.6 Å². The first kappa shape index (κ1) is 17.6. The number of hydrogen-bond acceptors (Lipinski definition) is 3. The van der Waals surface area contributed by atoms with Gasteiger partial charge in [-0.1, -0.05) is 35.9 Å². The lowest BCUT2D eigenvalue weighted by molar-refractivity contribution is 0.0874. The first-order valence-corrected chi connectivity index (χ1v) is 8.05. The molecule has 1 heterocycles. The molecule has 1 N–H and O–H groups in total. The highest BCUT2D eigenvalue weighted by molar-refractivity contribution is 6.42. The van der Waals surface area contributed by atoms with E-state index in [1.54, 1.807) is 23.1 Å². The molecule has 7 heteroatoms. The van der Waals surface area contributed by atoms with Gasteiger partial charge >= 0.3 is 6.09 Å². The summed E-state index contributed by atoms with van der Waals surface area (Å²) in [6, 6.07) is 4.78. The van der Waals surface area contributed by atoms with Crippen LogP contribution in [-0.2, 0) is 4.74 Å². The largest absolute Gasteiger partial charge is 0.445 e. The number of likely N-dealkylation sites (tertiary alicyclic amines) is 1. The second-order valence-electron chi connectivity index (χ2n) is 5.23. The lowest BCUT2D eigenvalue weighted by atomic mass is 10.0. The fourth-order valence-corrected chi connectivity index (χ4v) is 2.63. The molecule has 0 aromatic heterocycles. The van der Waals surface area contributed by atoms with Crippen molar-refractivity contribution >= 4 is 35.2 Å². The van der Waals surface area contributed by atoms with Crippen LogP contribution in [0.15, 0.2) is 30.9 Å². The molecule has 0 bridgehead atoms. The number of benzene rings is 1. The summed E-state index contributed by atoms with van der Waals surface area (Å²) in [6.45, 7) is 4.79. The van der Waals surface area contributed by atoms with Crippen molar-refractivity contribution in [2.24, 2.45) is 0 Å². The Morgan fingerprint density at radius 2 is 2.00 bits per heavy atom. The predicted octanol–water partition coefficient (Wildman–Crippen LogP) is 3.51. The molecular formula is C16H18Cl2N2O3. The van der Waals surface area contributed by atoms with Crippen LogP contribution in [-0.4, -0.2) is 42.6 Å². The van der Waals surface area contributed by atoms with Crippen LogP contribution in [0.5, 0.6) is 0 Å². The van der Waals surface area contributed by atoms with Gasteiger partial charge in [0, 0.05) is 24.7 Å². The fourth-order valence-electron chi connectivity index (χ4n) is 2.33. The molecule has 0 aliphatic carbocycles. The van der Waals surface area contributed by atoms with E-state index in [9.17, 15) is 9.59 Å². The summed E-state index contributed by atoms with van der Waals surface area (Å²) in [5, 5.41) is 3.71. The SMILES string of the molecule is C=CCOC(=O)N1CCC(NC(=O)c2ccc(Cl)c(Cl)c2)CC1. The fraction of sp³-hybridized carbons (Fsp3) is 0.375. The van der Waals surface area contributed by atoms with Crippen LogP contribution in [0, 0.1) is 0 Å². The number of carbonyl (C=O) groups excluding carboxylic acids is 2. The topological polar surface area (TPSA) is 58.6 Å². The minimum atomic E-state index is -0.348. The van der Waals surface area contributed by atoms with E-state index in [0.717, 1.165) is 0 Å². The molecule has 2 rings (SSSR count). The summed E-state index contributed by atoms with van der Waals surface area (Å²) in [4.78, 5) is 25.6. The van der Waals surface area contributed by atoms with Gasteiger partial charge in [-0.25, -0.2) is 4.79 Å². The zero-order chi connectivity index (χ0) is 16.8. The van der Waals surface area contributed by atoms with E-state index in [4.69, 9.17) is 27.9 Å². The normalized spacial score (nSPS) is 15.1. The molecule has 1 saturated heterocycles. The first-order chi connectivity index (χ1) is 11.0. The Bertz CT molecular complexity index is 599. The van der Waals surface area contributed by atoms with Crippen molar-refractivity contribution in [3.05, 3.63) is 46.5 Å². The molecule has 1 fully saturated rings. The summed E-state index contributed by atoms with van der Waals surface area (Å²) in [6.07, 6.45) is 2.54. The van der Waals surface area contributed by atoms with Crippen LogP contribution < -0.4 is 5.32 Å². The van der Waals surface area contributed by atoms with E-state index >= 15 is 0 Å². The average Bonchev–Trinajstić information content (AvgIpc) is 2.55. The first-order valence-electron chi connectivity index (χ1n) is 7.29. The minimum absolute atomic E-state index is 0.0143. The van der Waals surface area contributed by atoms with Crippen LogP contribution >= 0.6 is 23.2 Å². The van der Waals surface area contributed by atoms with Crippen LogP contribution in [0.3, 0.4) is 0 Å². The van der Waals surface area contributed by atoms with Gasteiger partial charge in [0.2, 0.25) is 0 Å². The number of nitrogens with zero attached hydrogens (tertiary/aromatic N) is 1. The van der Waals surface area contributed by atoms with Crippen molar-refractivity contribution in [1.82, 2.24) is 10.2 Å². The molecule has 0 saturated carbocycles. The summed E-state index contributed by atoms with van der Waals surface area (Å²) in [5.74, 6) is -0.198. The van der Waals surface area contributed by atoms with Gasteiger partial charge in [-0.05, 0) is 31.0 Å². The molecule has 23 heavy (non-hydrogen) atoms. The maximum Gasteiger partial charge on any atom is 0.410 e. The predicted molar refractivity (Wildman–Crippen MR) is 90.1 cm³/mol. The maximum absolute atomic E-state index is 12.2. The van der Waals surface area contributed by atoms with Gasteiger partial charge in [-0.2, -0.15) is 0 Å². The minimum Gasteiger partial charge on any atom is -0.445 e. The number of ether oxygens (including phenoxy) is 1. The van der Waals surface area contributed by atoms with Gasteiger partial charge in [-0.3, -0.25) is 4.79 Å². The van der Waals surface area contributed by atoms with Crippen molar-refractivity contribution in [1.29, 1.82) is 0 Å². The zero-order valence-electron chi connectivity index (χ0n) is 12.6. The van der Waals surface area contributed by atoms with Crippen molar-refractivity contribution < 1.29 is 14.3 Å². The van der Waals surface area contributed by atoms with Gasteiger partial charge < -0.3 is 15.0 Å². The second-order valence-corrected chi connectivity index (χ2v) is 6.04. The third-order valence-electron chi connectivity index (χ3n) is 3.59. The van der Waals surface area contributed by atoms with Crippen molar-refractivity contribution in [2.75, 3.05) is 19.7 Å². The number of piperidine rings is 1. The summed E-state index contributed by atoms with van der Waals surface area (Å²) < 4.78 is 5.00. The van der Waals surface area contributed by atoms with E-state index in [2.05, 4.69) is 11.9 Å². The maximum atomic E-state index is 12.2. The van der Waals surface area contributed by atoms with E-state index in [1.165, 1.54) is 6.08 Å². The zero-order valence-corrected chi connectivity index (χ0v) is 14.1. The molecule has 0 unspecified atom stereocenters. The standard InChI is InChI=1S/C16H18Cl2N2O3/c1-2-9-23-16(22)20-7-5-12(6-8-20)19-15(21)11-3-4-13(17)14(18)10-11/h2-4,10,12H,1,5-9H2,(H,19,21). The number of halogens is 2. The smallest absolute Gasteiger partial charge is 0.410 e. The van der Waals surface area contributed by atoms with Crippen LogP contribution in [0.25, 0.3) is 0 Å². The van der Waals surface area contributed by atoms with Gasteiger partial charge in [0.1, 0.15) is 6.61 Å². The summed E-state index contributed by atoms with van der Waals surface area (Å²) in [7, 11) is 0. The monoisotopic (exact) mass is 356 g/mol. The van der Waals surface area contributed by atoms with Crippen LogP contribution in [0.2, 0.25) is 10.0 Å².